The summed E-state index contributed by atoms with van der Waals surface area (Å²) in [5.74, 6) is 0.358. The van der Waals surface area contributed by atoms with Gasteiger partial charge in [-0.3, -0.25) is 4.79 Å². The maximum Gasteiger partial charge on any atom is 0.277 e. The number of benzene rings is 1. The standard InChI is InChI=1S/C21H28N4O4S2/c1-4-24(14-16(2)3)19(26)15-30-21-23-22-20(29-21)17-9-8-10-18(13-17)31(27,28)25-11-6-5-7-12-25/h8-10,13H,2,4-7,11-12,14-15H2,1,3H3. The molecule has 2 heterocycles. The van der Waals surface area contributed by atoms with Gasteiger partial charge in [-0.2, -0.15) is 4.31 Å². The number of carbonyl (C=O) groups excluding carboxylic acids is 1. The van der Waals surface area contributed by atoms with E-state index in [0.717, 1.165) is 36.6 Å². The maximum absolute atomic E-state index is 12.9. The van der Waals surface area contributed by atoms with Crippen molar-refractivity contribution in [3.63, 3.8) is 0 Å². The van der Waals surface area contributed by atoms with Crippen molar-refractivity contribution in [2.75, 3.05) is 31.9 Å². The van der Waals surface area contributed by atoms with Crippen LogP contribution in [0.4, 0.5) is 0 Å². The molecule has 0 radical (unpaired) electrons. The van der Waals surface area contributed by atoms with Crippen LogP contribution in [0.3, 0.4) is 0 Å². The number of sulfonamides is 1. The van der Waals surface area contributed by atoms with Crippen LogP contribution in [-0.2, 0) is 14.8 Å². The van der Waals surface area contributed by atoms with Gasteiger partial charge in [0.1, 0.15) is 0 Å². The Morgan fingerprint density at radius 3 is 2.68 bits per heavy atom. The van der Waals surface area contributed by atoms with Gasteiger partial charge in [-0.05, 0) is 44.9 Å². The number of amides is 1. The molecule has 0 saturated carbocycles. The summed E-state index contributed by atoms with van der Waals surface area (Å²) >= 11 is 1.16. The molecule has 1 aliphatic heterocycles. The molecule has 0 aliphatic carbocycles. The topological polar surface area (TPSA) is 96.6 Å². The average Bonchev–Trinajstić information content (AvgIpc) is 3.25. The van der Waals surface area contributed by atoms with Crippen molar-refractivity contribution in [1.29, 1.82) is 0 Å². The predicted octanol–water partition coefficient (Wildman–Crippen LogP) is 3.43. The highest BCUT2D eigenvalue weighted by Gasteiger charge is 2.26. The summed E-state index contributed by atoms with van der Waals surface area (Å²) in [5.41, 5.74) is 1.45. The number of likely N-dealkylation sites (N-methyl/N-ethyl adjacent to an activating group) is 1. The van der Waals surface area contributed by atoms with E-state index in [0.29, 0.717) is 31.7 Å². The Balaban J connectivity index is 1.69. The maximum atomic E-state index is 12.9. The second-order valence-electron chi connectivity index (χ2n) is 7.52. The van der Waals surface area contributed by atoms with Crippen LogP contribution in [0.1, 0.15) is 33.1 Å². The van der Waals surface area contributed by atoms with Gasteiger partial charge < -0.3 is 9.32 Å². The van der Waals surface area contributed by atoms with E-state index in [2.05, 4.69) is 16.8 Å². The third-order valence-corrected chi connectivity index (χ3v) is 7.65. The highest BCUT2D eigenvalue weighted by atomic mass is 32.2. The van der Waals surface area contributed by atoms with E-state index in [-0.39, 0.29) is 27.7 Å². The number of thioether (sulfide) groups is 1. The Morgan fingerprint density at radius 1 is 1.26 bits per heavy atom. The fourth-order valence-electron chi connectivity index (χ4n) is 3.35. The first-order chi connectivity index (χ1) is 14.8. The van der Waals surface area contributed by atoms with Crippen LogP contribution in [0.2, 0.25) is 0 Å². The van der Waals surface area contributed by atoms with E-state index < -0.39 is 10.0 Å². The Labute approximate surface area is 187 Å². The fraction of sp³-hybridized carbons (Fsp3) is 0.476. The zero-order valence-corrected chi connectivity index (χ0v) is 19.5. The highest BCUT2D eigenvalue weighted by Crippen LogP contribution is 2.27. The van der Waals surface area contributed by atoms with Gasteiger partial charge in [0.2, 0.25) is 21.8 Å². The van der Waals surface area contributed by atoms with Gasteiger partial charge in [0, 0.05) is 31.7 Å². The number of hydrogen-bond donors (Lipinski definition) is 0. The van der Waals surface area contributed by atoms with Gasteiger partial charge in [0.15, 0.2) is 0 Å². The Kier molecular flexibility index (Phi) is 7.90. The van der Waals surface area contributed by atoms with Crippen molar-refractivity contribution in [3.8, 4) is 11.5 Å². The Hall–Kier alpha value is -2.17. The smallest absolute Gasteiger partial charge is 0.277 e. The molecule has 1 amide bonds. The molecule has 168 valence electrons. The fourth-order valence-corrected chi connectivity index (χ4v) is 5.58. The molecule has 0 bridgehead atoms. The van der Waals surface area contributed by atoms with E-state index in [4.69, 9.17) is 4.42 Å². The molecule has 1 saturated heterocycles. The van der Waals surface area contributed by atoms with Gasteiger partial charge >= 0.3 is 0 Å². The lowest BCUT2D eigenvalue weighted by atomic mass is 10.2. The molecule has 0 unspecified atom stereocenters. The normalized spacial score (nSPS) is 15.0. The van der Waals surface area contributed by atoms with Crippen molar-refractivity contribution in [3.05, 3.63) is 36.4 Å². The van der Waals surface area contributed by atoms with Crippen molar-refractivity contribution in [2.24, 2.45) is 0 Å². The molecule has 0 spiro atoms. The average molecular weight is 465 g/mol. The van der Waals surface area contributed by atoms with E-state index in [1.807, 2.05) is 13.8 Å². The molecule has 0 atom stereocenters. The van der Waals surface area contributed by atoms with Crippen molar-refractivity contribution < 1.29 is 17.6 Å². The van der Waals surface area contributed by atoms with E-state index in [1.165, 1.54) is 4.31 Å². The largest absolute Gasteiger partial charge is 0.411 e. The molecule has 2 aromatic rings. The van der Waals surface area contributed by atoms with Crippen molar-refractivity contribution in [2.45, 2.75) is 43.2 Å². The molecule has 0 N–H and O–H groups in total. The minimum Gasteiger partial charge on any atom is -0.411 e. The number of piperidine rings is 1. The summed E-state index contributed by atoms with van der Waals surface area (Å²) in [6.45, 7) is 9.85. The number of hydrogen-bond acceptors (Lipinski definition) is 7. The molecule has 1 fully saturated rings. The van der Waals surface area contributed by atoms with Gasteiger partial charge in [-0.25, -0.2) is 8.42 Å². The molecule has 1 aromatic heterocycles. The Bertz CT molecular complexity index is 1030. The summed E-state index contributed by atoms with van der Waals surface area (Å²) in [6, 6.07) is 6.54. The lowest BCUT2D eigenvalue weighted by molar-refractivity contribution is -0.127. The first-order valence-corrected chi connectivity index (χ1v) is 12.7. The molecule has 8 nitrogen and oxygen atoms in total. The molecular weight excluding hydrogens is 436 g/mol. The van der Waals surface area contributed by atoms with Crippen molar-refractivity contribution >= 4 is 27.7 Å². The first-order valence-electron chi connectivity index (χ1n) is 10.3. The van der Waals surface area contributed by atoms with Crippen LogP contribution in [0.25, 0.3) is 11.5 Å². The third-order valence-electron chi connectivity index (χ3n) is 4.95. The quantitative estimate of drug-likeness (QED) is 0.414. The van der Waals surface area contributed by atoms with Gasteiger partial charge in [-0.15, -0.1) is 10.2 Å². The second-order valence-corrected chi connectivity index (χ2v) is 10.4. The number of nitrogens with zero attached hydrogens (tertiary/aromatic N) is 4. The summed E-state index contributed by atoms with van der Waals surface area (Å²) in [6.07, 6.45) is 2.81. The number of rotatable bonds is 9. The van der Waals surface area contributed by atoms with Crippen LogP contribution < -0.4 is 0 Å². The molecule has 1 aliphatic rings. The molecule has 1 aromatic carbocycles. The van der Waals surface area contributed by atoms with Gasteiger partial charge in [0.05, 0.1) is 10.6 Å². The zero-order valence-electron chi connectivity index (χ0n) is 17.9. The van der Waals surface area contributed by atoms with Crippen LogP contribution in [0.15, 0.2) is 51.0 Å². The van der Waals surface area contributed by atoms with Crippen LogP contribution >= 0.6 is 11.8 Å². The lowest BCUT2D eigenvalue weighted by Gasteiger charge is -2.25. The zero-order chi connectivity index (χ0) is 22.4. The lowest BCUT2D eigenvalue weighted by Crippen LogP contribution is -2.35. The van der Waals surface area contributed by atoms with Gasteiger partial charge in [-0.1, -0.05) is 36.4 Å². The van der Waals surface area contributed by atoms with Crippen LogP contribution in [0.5, 0.6) is 0 Å². The summed E-state index contributed by atoms with van der Waals surface area (Å²) in [4.78, 5) is 14.3. The van der Waals surface area contributed by atoms with Gasteiger partial charge in [0.25, 0.3) is 5.22 Å². The predicted molar refractivity (Wildman–Crippen MR) is 120 cm³/mol. The molecular formula is C21H28N4O4S2. The highest BCUT2D eigenvalue weighted by molar-refractivity contribution is 7.99. The van der Waals surface area contributed by atoms with Crippen LogP contribution in [0, 0.1) is 0 Å². The monoisotopic (exact) mass is 464 g/mol. The minimum atomic E-state index is -3.55. The SMILES string of the molecule is C=C(C)CN(CC)C(=O)CSc1nnc(-c2cccc(S(=O)(=O)N3CCCCC3)c2)o1. The number of aromatic nitrogens is 2. The number of carbonyl (C=O) groups is 1. The van der Waals surface area contributed by atoms with E-state index in [9.17, 15) is 13.2 Å². The minimum absolute atomic E-state index is 0.0372. The third kappa shape index (κ3) is 5.96. The summed E-state index contributed by atoms with van der Waals surface area (Å²) in [5, 5.41) is 8.28. The molecule has 3 rings (SSSR count). The van der Waals surface area contributed by atoms with E-state index >= 15 is 0 Å². The first kappa shape index (κ1) is 23.5. The molecule has 10 heteroatoms. The molecule has 31 heavy (non-hydrogen) atoms. The second kappa shape index (κ2) is 10.4. The Morgan fingerprint density at radius 2 is 2.00 bits per heavy atom. The van der Waals surface area contributed by atoms with Crippen molar-refractivity contribution in [1.82, 2.24) is 19.4 Å². The summed E-state index contributed by atoms with van der Waals surface area (Å²) in [7, 11) is -3.55. The van der Waals surface area contributed by atoms with Crippen LogP contribution in [-0.4, -0.2) is 65.7 Å². The van der Waals surface area contributed by atoms with E-state index in [1.54, 1.807) is 29.2 Å². The summed E-state index contributed by atoms with van der Waals surface area (Å²) < 4.78 is 33.1.